The zero-order valence-corrected chi connectivity index (χ0v) is 16.5. The number of benzene rings is 3. The fourth-order valence-electron chi connectivity index (χ4n) is 3.44. The molecule has 0 spiro atoms. The number of aromatic nitrogens is 1. The van der Waals surface area contributed by atoms with Crippen LogP contribution in [0.25, 0.3) is 21.8 Å². The molecule has 0 saturated carbocycles. The summed E-state index contributed by atoms with van der Waals surface area (Å²) in [7, 11) is 0. The minimum Gasteiger partial charge on any atom is -0.491 e. The van der Waals surface area contributed by atoms with Crippen LogP contribution in [-0.4, -0.2) is 33.7 Å². The number of aliphatic hydroxyl groups is 1. The molecule has 146 valence electrons. The Labute approximate surface area is 174 Å². The molecule has 4 aromatic rings. The maximum absolute atomic E-state index is 10.6. The summed E-state index contributed by atoms with van der Waals surface area (Å²) in [6.45, 7) is 0.647. The van der Waals surface area contributed by atoms with Gasteiger partial charge in [-0.05, 0) is 54.2 Å². The second kappa shape index (κ2) is 8.43. The van der Waals surface area contributed by atoms with Crippen molar-refractivity contribution in [3.63, 3.8) is 0 Å². The number of para-hydroxylation sites is 2. The Hall–Kier alpha value is -3.22. The van der Waals surface area contributed by atoms with E-state index >= 15 is 0 Å². The number of hydrogen-bond acceptors (Lipinski definition) is 3. The second-order valence-electron chi connectivity index (χ2n) is 6.78. The Morgan fingerprint density at radius 3 is 2.17 bits per heavy atom. The number of nitrogens with two attached hydrogens (primary N) is 1. The van der Waals surface area contributed by atoms with Crippen molar-refractivity contribution < 1.29 is 9.84 Å². The molecule has 4 rings (SSSR count). The van der Waals surface area contributed by atoms with Crippen molar-refractivity contribution in [2.75, 3.05) is 6.61 Å². The van der Waals surface area contributed by atoms with Crippen LogP contribution >= 0.6 is 12.2 Å². The van der Waals surface area contributed by atoms with Crippen molar-refractivity contribution in [3.8, 4) is 5.75 Å². The molecule has 3 aromatic carbocycles. The van der Waals surface area contributed by atoms with Gasteiger partial charge in [0, 0.05) is 28.0 Å². The van der Waals surface area contributed by atoms with Crippen LogP contribution in [0.5, 0.6) is 5.75 Å². The number of nitrogens with zero attached hydrogens (tertiary/aromatic N) is 2. The number of fused-ring (bicyclic) bond motifs is 3. The Kier molecular flexibility index (Phi) is 5.55. The molecule has 0 aliphatic carbocycles. The molecule has 0 aliphatic heterocycles. The maximum Gasteiger partial charge on any atom is 0.190 e. The van der Waals surface area contributed by atoms with Crippen LogP contribution in [0.3, 0.4) is 0 Å². The summed E-state index contributed by atoms with van der Waals surface area (Å²) < 4.78 is 7.91. The van der Waals surface area contributed by atoms with E-state index in [0.717, 1.165) is 16.6 Å². The van der Waals surface area contributed by atoms with Crippen molar-refractivity contribution in [3.05, 3.63) is 78.4 Å². The van der Waals surface area contributed by atoms with Crippen LogP contribution < -0.4 is 10.5 Å². The van der Waals surface area contributed by atoms with Gasteiger partial charge in [-0.25, -0.2) is 4.99 Å². The van der Waals surface area contributed by atoms with Crippen molar-refractivity contribution in [1.29, 1.82) is 0 Å². The van der Waals surface area contributed by atoms with Crippen LogP contribution in [0.15, 0.2) is 77.8 Å². The molecule has 0 amide bonds. The van der Waals surface area contributed by atoms with E-state index in [2.05, 4.69) is 33.8 Å². The van der Waals surface area contributed by atoms with Gasteiger partial charge in [0.15, 0.2) is 5.11 Å². The lowest BCUT2D eigenvalue weighted by atomic mass is 10.2. The average Bonchev–Trinajstić information content (AvgIpc) is 3.05. The minimum absolute atomic E-state index is 0.0958. The highest BCUT2D eigenvalue weighted by Gasteiger charge is 2.13. The smallest absolute Gasteiger partial charge is 0.190 e. The van der Waals surface area contributed by atoms with Crippen molar-refractivity contribution in [2.24, 2.45) is 10.7 Å². The number of hydrogen-bond donors (Lipinski definition) is 2. The highest BCUT2D eigenvalue weighted by atomic mass is 32.1. The molecule has 1 heterocycles. The molecule has 29 heavy (non-hydrogen) atoms. The highest BCUT2D eigenvalue weighted by molar-refractivity contribution is 7.80. The summed E-state index contributed by atoms with van der Waals surface area (Å²) in [5.74, 6) is 0.679. The predicted molar refractivity (Wildman–Crippen MR) is 122 cm³/mol. The van der Waals surface area contributed by atoms with Crippen LogP contribution in [0.4, 0.5) is 0 Å². The molecule has 0 aliphatic rings. The van der Waals surface area contributed by atoms with Crippen LogP contribution in [0.1, 0.15) is 5.56 Å². The molecule has 1 aromatic heterocycles. The van der Waals surface area contributed by atoms with Crippen LogP contribution in [-0.2, 0) is 6.54 Å². The molecule has 5 nitrogen and oxygen atoms in total. The topological polar surface area (TPSA) is 72.8 Å². The number of rotatable bonds is 6. The fourth-order valence-corrected chi connectivity index (χ4v) is 3.50. The van der Waals surface area contributed by atoms with Gasteiger partial charge in [-0.2, -0.15) is 0 Å². The van der Waals surface area contributed by atoms with Gasteiger partial charge >= 0.3 is 0 Å². The van der Waals surface area contributed by atoms with Crippen molar-refractivity contribution in [1.82, 2.24) is 4.57 Å². The van der Waals surface area contributed by atoms with E-state index in [1.165, 1.54) is 10.8 Å². The maximum atomic E-state index is 10.6. The third kappa shape index (κ3) is 4.29. The molecular formula is C23H21N3O2S. The van der Waals surface area contributed by atoms with E-state index in [0.29, 0.717) is 12.3 Å². The predicted octanol–water partition coefficient (Wildman–Crippen LogP) is 3.90. The van der Waals surface area contributed by atoms with Gasteiger partial charge in [0.2, 0.25) is 0 Å². The Bertz CT molecular complexity index is 1130. The average molecular weight is 404 g/mol. The highest BCUT2D eigenvalue weighted by Crippen LogP contribution is 2.28. The molecular weight excluding hydrogens is 382 g/mol. The molecule has 1 unspecified atom stereocenters. The quantitative estimate of drug-likeness (QED) is 0.378. The molecule has 0 radical (unpaired) electrons. The number of aliphatic imine (C=N–C) groups is 1. The van der Waals surface area contributed by atoms with Crippen LogP contribution in [0.2, 0.25) is 0 Å². The van der Waals surface area contributed by atoms with Gasteiger partial charge in [0.1, 0.15) is 18.5 Å². The minimum atomic E-state index is -0.648. The van der Waals surface area contributed by atoms with Gasteiger partial charge in [-0.15, -0.1) is 0 Å². The first-order chi connectivity index (χ1) is 14.1. The number of thiocarbonyl (C=S) groups is 1. The second-order valence-corrected chi connectivity index (χ2v) is 7.19. The summed E-state index contributed by atoms with van der Waals surface area (Å²) in [5.41, 5.74) is 8.44. The standard InChI is InChI=1S/C23H21N3O2S/c24-23(29)25-13-16-9-11-18(12-10-16)28-15-17(27)14-26-21-7-3-1-5-19(21)20-6-2-4-8-22(20)26/h1-13,17,27H,14-15H2,(H2,24,29)/b25-13+. The normalized spacial score (nSPS) is 12.6. The van der Waals surface area contributed by atoms with Crippen molar-refractivity contribution >= 4 is 45.4 Å². The van der Waals surface area contributed by atoms with Crippen molar-refractivity contribution in [2.45, 2.75) is 12.6 Å². The zero-order chi connectivity index (χ0) is 20.2. The monoisotopic (exact) mass is 403 g/mol. The summed E-state index contributed by atoms with van der Waals surface area (Å²) in [4.78, 5) is 3.89. The van der Waals surface area contributed by atoms with E-state index in [4.69, 9.17) is 22.7 Å². The first-order valence-corrected chi connectivity index (χ1v) is 9.73. The van der Waals surface area contributed by atoms with Crippen LogP contribution in [0, 0.1) is 0 Å². The van der Waals surface area contributed by atoms with E-state index in [1.54, 1.807) is 6.21 Å². The lowest BCUT2D eigenvalue weighted by Crippen LogP contribution is -2.23. The third-order valence-corrected chi connectivity index (χ3v) is 4.84. The molecule has 0 bridgehead atoms. The number of ether oxygens (including phenoxy) is 1. The Balaban J connectivity index is 1.46. The summed E-state index contributed by atoms with van der Waals surface area (Å²) in [5, 5.41) is 13.1. The van der Waals surface area contributed by atoms with Gasteiger partial charge in [0.25, 0.3) is 0 Å². The molecule has 0 saturated heterocycles. The Morgan fingerprint density at radius 1 is 1.00 bits per heavy atom. The molecule has 0 fully saturated rings. The molecule has 1 atom stereocenters. The van der Waals surface area contributed by atoms with E-state index in [1.807, 2.05) is 48.5 Å². The van der Waals surface area contributed by atoms with E-state index < -0.39 is 6.10 Å². The molecule has 6 heteroatoms. The SMILES string of the molecule is NC(=S)/N=C/c1ccc(OCC(O)Cn2c3ccccc3c3ccccc32)cc1. The largest absolute Gasteiger partial charge is 0.491 e. The van der Waals surface area contributed by atoms with E-state index in [9.17, 15) is 5.11 Å². The molecule has 3 N–H and O–H groups in total. The first kappa shape index (κ1) is 19.1. The van der Waals surface area contributed by atoms with Gasteiger partial charge in [-0.3, -0.25) is 0 Å². The Morgan fingerprint density at radius 2 is 1.59 bits per heavy atom. The fraction of sp³-hybridized carbons (Fsp3) is 0.130. The number of aliphatic hydroxyl groups excluding tert-OH is 1. The summed E-state index contributed by atoms with van der Waals surface area (Å²) in [6.07, 6.45) is 0.952. The summed E-state index contributed by atoms with van der Waals surface area (Å²) in [6, 6.07) is 23.9. The van der Waals surface area contributed by atoms with Gasteiger partial charge in [-0.1, -0.05) is 36.4 Å². The third-order valence-electron chi connectivity index (χ3n) is 4.74. The van der Waals surface area contributed by atoms with Gasteiger partial charge in [0.05, 0.1) is 6.54 Å². The van der Waals surface area contributed by atoms with Gasteiger partial charge < -0.3 is 20.1 Å². The lowest BCUT2D eigenvalue weighted by molar-refractivity contribution is 0.0945. The summed E-state index contributed by atoms with van der Waals surface area (Å²) >= 11 is 4.72. The first-order valence-electron chi connectivity index (χ1n) is 9.32. The zero-order valence-electron chi connectivity index (χ0n) is 15.7. The van der Waals surface area contributed by atoms with E-state index in [-0.39, 0.29) is 11.7 Å². The lowest BCUT2D eigenvalue weighted by Gasteiger charge is -2.15.